The van der Waals surface area contributed by atoms with Crippen LogP contribution in [-0.4, -0.2) is 22.7 Å². The SMILES string of the molecule is CCOc1ccccc1Oc1cc(C)nc(C)c1C(=O)O. The molecule has 0 saturated carbocycles. The smallest absolute Gasteiger partial charge is 0.341 e. The van der Waals surface area contributed by atoms with Gasteiger partial charge in [-0.05, 0) is 32.9 Å². The standard InChI is InChI=1S/C16H17NO4/c1-4-20-12-7-5-6-8-13(12)21-14-9-10(2)17-11(3)15(14)16(18)19/h5-9H,4H2,1-3H3,(H,18,19). The van der Waals surface area contributed by atoms with Crippen molar-refractivity contribution < 1.29 is 19.4 Å². The number of benzene rings is 1. The van der Waals surface area contributed by atoms with Crippen molar-refractivity contribution >= 4 is 5.97 Å². The summed E-state index contributed by atoms with van der Waals surface area (Å²) in [4.78, 5) is 15.6. The van der Waals surface area contributed by atoms with Crippen LogP contribution in [0.1, 0.15) is 28.7 Å². The molecule has 2 rings (SSSR count). The quantitative estimate of drug-likeness (QED) is 0.910. The lowest BCUT2D eigenvalue weighted by Crippen LogP contribution is -2.06. The molecule has 1 aromatic heterocycles. The van der Waals surface area contributed by atoms with Gasteiger partial charge in [-0.1, -0.05) is 12.1 Å². The summed E-state index contributed by atoms with van der Waals surface area (Å²) in [6.45, 7) is 5.82. The van der Waals surface area contributed by atoms with Gasteiger partial charge in [0, 0.05) is 11.8 Å². The molecule has 0 aliphatic rings. The van der Waals surface area contributed by atoms with Gasteiger partial charge in [-0.25, -0.2) is 4.79 Å². The summed E-state index contributed by atoms with van der Waals surface area (Å²) in [5, 5.41) is 9.34. The van der Waals surface area contributed by atoms with Gasteiger partial charge in [0.25, 0.3) is 0 Å². The number of hydrogen-bond donors (Lipinski definition) is 1. The van der Waals surface area contributed by atoms with Gasteiger partial charge in [0.1, 0.15) is 11.3 Å². The first-order chi connectivity index (χ1) is 10.0. The lowest BCUT2D eigenvalue weighted by atomic mass is 10.1. The third kappa shape index (κ3) is 3.31. The predicted molar refractivity (Wildman–Crippen MR) is 78.4 cm³/mol. The molecule has 0 saturated heterocycles. The van der Waals surface area contributed by atoms with Crippen LogP contribution in [0, 0.1) is 13.8 Å². The van der Waals surface area contributed by atoms with Gasteiger partial charge < -0.3 is 14.6 Å². The molecule has 0 bridgehead atoms. The molecule has 1 heterocycles. The number of ether oxygens (including phenoxy) is 2. The summed E-state index contributed by atoms with van der Waals surface area (Å²) < 4.78 is 11.3. The minimum absolute atomic E-state index is 0.0619. The van der Waals surface area contributed by atoms with E-state index in [4.69, 9.17) is 9.47 Å². The Morgan fingerprint density at radius 1 is 1.19 bits per heavy atom. The van der Waals surface area contributed by atoms with Crippen molar-refractivity contribution in [3.8, 4) is 17.2 Å². The summed E-state index contributed by atoms with van der Waals surface area (Å²) in [7, 11) is 0. The highest BCUT2D eigenvalue weighted by atomic mass is 16.5. The molecule has 0 radical (unpaired) electrons. The molecule has 0 unspecified atom stereocenters. The fourth-order valence-electron chi connectivity index (χ4n) is 2.06. The monoisotopic (exact) mass is 287 g/mol. The molecule has 0 aliphatic heterocycles. The van der Waals surface area contributed by atoms with Crippen LogP contribution in [0.5, 0.6) is 17.2 Å². The molecule has 0 fully saturated rings. The molecular formula is C16H17NO4. The molecule has 2 aromatic rings. The highest BCUT2D eigenvalue weighted by Crippen LogP contribution is 2.34. The average Bonchev–Trinajstić information content (AvgIpc) is 2.40. The summed E-state index contributed by atoms with van der Waals surface area (Å²) in [6.07, 6.45) is 0. The molecule has 0 spiro atoms. The van der Waals surface area contributed by atoms with Crippen LogP contribution in [0.25, 0.3) is 0 Å². The summed E-state index contributed by atoms with van der Waals surface area (Å²) in [5.41, 5.74) is 1.18. The number of aryl methyl sites for hydroxylation is 2. The van der Waals surface area contributed by atoms with Crippen molar-refractivity contribution in [2.75, 3.05) is 6.61 Å². The van der Waals surface area contributed by atoms with E-state index in [2.05, 4.69) is 4.98 Å². The zero-order valence-corrected chi connectivity index (χ0v) is 12.2. The van der Waals surface area contributed by atoms with Crippen LogP contribution in [-0.2, 0) is 0 Å². The lowest BCUT2D eigenvalue weighted by Gasteiger charge is -2.14. The Labute approximate surface area is 123 Å². The number of nitrogens with zero attached hydrogens (tertiary/aromatic N) is 1. The fraction of sp³-hybridized carbons (Fsp3) is 0.250. The van der Waals surface area contributed by atoms with E-state index in [0.717, 1.165) is 0 Å². The van der Waals surface area contributed by atoms with Gasteiger partial charge in [0.15, 0.2) is 11.5 Å². The number of carboxylic acids is 1. The minimum atomic E-state index is -1.07. The first-order valence-corrected chi connectivity index (χ1v) is 6.64. The molecule has 21 heavy (non-hydrogen) atoms. The molecule has 110 valence electrons. The van der Waals surface area contributed by atoms with Crippen molar-refractivity contribution in [3.63, 3.8) is 0 Å². The van der Waals surface area contributed by atoms with Gasteiger partial charge in [-0.2, -0.15) is 0 Å². The Hall–Kier alpha value is -2.56. The largest absolute Gasteiger partial charge is 0.490 e. The summed E-state index contributed by atoms with van der Waals surface area (Å²) >= 11 is 0. The highest BCUT2D eigenvalue weighted by molar-refractivity contribution is 5.92. The van der Waals surface area contributed by atoms with E-state index < -0.39 is 5.97 Å². The van der Waals surface area contributed by atoms with E-state index in [0.29, 0.717) is 29.5 Å². The van der Waals surface area contributed by atoms with Crippen molar-refractivity contribution in [1.29, 1.82) is 0 Å². The van der Waals surface area contributed by atoms with Crippen LogP contribution >= 0.6 is 0 Å². The molecule has 5 heteroatoms. The number of carboxylic acid groups (broad SMARTS) is 1. The third-order valence-corrected chi connectivity index (χ3v) is 2.88. The highest BCUT2D eigenvalue weighted by Gasteiger charge is 2.18. The molecule has 0 atom stereocenters. The molecule has 0 amide bonds. The maximum Gasteiger partial charge on any atom is 0.341 e. The average molecular weight is 287 g/mol. The van der Waals surface area contributed by atoms with Crippen LogP contribution in [0.15, 0.2) is 30.3 Å². The fourth-order valence-corrected chi connectivity index (χ4v) is 2.06. The molecule has 1 N–H and O–H groups in total. The van der Waals surface area contributed by atoms with Gasteiger partial charge in [-0.15, -0.1) is 0 Å². The topological polar surface area (TPSA) is 68.7 Å². The second kappa shape index (κ2) is 6.26. The van der Waals surface area contributed by atoms with E-state index in [1.54, 1.807) is 38.1 Å². The van der Waals surface area contributed by atoms with E-state index in [-0.39, 0.29) is 11.3 Å². The maximum atomic E-state index is 11.4. The Balaban J connectivity index is 2.47. The second-order valence-corrected chi connectivity index (χ2v) is 4.51. The predicted octanol–water partition coefficient (Wildman–Crippen LogP) is 3.59. The number of aromatic carboxylic acids is 1. The van der Waals surface area contributed by atoms with E-state index in [1.165, 1.54) is 0 Å². The van der Waals surface area contributed by atoms with Gasteiger partial charge in [-0.3, -0.25) is 4.98 Å². The van der Waals surface area contributed by atoms with Gasteiger partial charge in [0.05, 0.1) is 12.3 Å². The Bertz CT molecular complexity index is 667. The second-order valence-electron chi connectivity index (χ2n) is 4.51. The van der Waals surface area contributed by atoms with Crippen molar-refractivity contribution in [2.24, 2.45) is 0 Å². The normalized spacial score (nSPS) is 10.2. The van der Waals surface area contributed by atoms with Crippen molar-refractivity contribution in [3.05, 3.63) is 47.3 Å². The first kappa shape index (κ1) is 14.8. The number of carbonyl (C=O) groups is 1. The number of pyridine rings is 1. The Morgan fingerprint density at radius 3 is 2.48 bits per heavy atom. The van der Waals surface area contributed by atoms with Gasteiger partial charge >= 0.3 is 5.97 Å². The zero-order valence-electron chi connectivity index (χ0n) is 12.2. The Morgan fingerprint density at radius 2 is 1.86 bits per heavy atom. The molecular weight excluding hydrogens is 270 g/mol. The number of hydrogen-bond acceptors (Lipinski definition) is 4. The Kier molecular flexibility index (Phi) is 4.42. The van der Waals surface area contributed by atoms with Crippen LogP contribution in [0.3, 0.4) is 0 Å². The molecule has 0 aliphatic carbocycles. The number of para-hydroxylation sites is 2. The van der Waals surface area contributed by atoms with E-state index >= 15 is 0 Å². The van der Waals surface area contributed by atoms with Crippen molar-refractivity contribution in [1.82, 2.24) is 4.98 Å². The van der Waals surface area contributed by atoms with Gasteiger partial charge in [0.2, 0.25) is 0 Å². The maximum absolute atomic E-state index is 11.4. The minimum Gasteiger partial charge on any atom is -0.490 e. The zero-order chi connectivity index (χ0) is 15.4. The van der Waals surface area contributed by atoms with Crippen LogP contribution < -0.4 is 9.47 Å². The number of rotatable bonds is 5. The molecule has 1 aromatic carbocycles. The first-order valence-electron chi connectivity index (χ1n) is 6.64. The summed E-state index contributed by atoms with van der Waals surface area (Å²) in [5.74, 6) is 0.249. The van der Waals surface area contributed by atoms with Crippen LogP contribution in [0.2, 0.25) is 0 Å². The van der Waals surface area contributed by atoms with Crippen LogP contribution in [0.4, 0.5) is 0 Å². The summed E-state index contributed by atoms with van der Waals surface area (Å²) in [6, 6.07) is 8.76. The molecule has 5 nitrogen and oxygen atoms in total. The van der Waals surface area contributed by atoms with E-state index in [9.17, 15) is 9.90 Å². The third-order valence-electron chi connectivity index (χ3n) is 2.88. The van der Waals surface area contributed by atoms with Crippen molar-refractivity contribution in [2.45, 2.75) is 20.8 Å². The van der Waals surface area contributed by atoms with E-state index in [1.807, 2.05) is 13.0 Å². The lowest BCUT2D eigenvalue weighted by molar-refractivity contribution is 0.0692. The number of aromatic nitrogens is 1.